The van der Waals surface area contributed by atoms with E-state index in [1.165, 1.54) is 11.1 Å². The first-order valence-electron chi connectivity index (χ1n) is 8.44. The number of carbonyl (C=O) groups is 1. The summed E-state index contributed by atoms with van der Waals surface area (Å²) in [6.07, 6.45) is 0. The van der Waals surface area contributed by atoms with E-state index in [0.717, 1.165) is 4.90 Å². The van der Waals surface area contributed by atoms with Gasteiger partial charge >= 0.3 is 0 Å². The molecule has 1 amide bonds. The molecule has 0 radical (unpaired) electrons. The number of nitrogens with zero attached hydrogens (tertiary/aromatic N) is 1. The zero-order chi connectivity index (χ0) is 17.1. The number of carbonyl (C=O) groups excluding carboxylic acids is 1. The average molecular weight is 345 g/mol. The SMILES string of the molecule is O=C1[C@H](Sc2ccccc2)[C@@H](c2ccccc2)N1Cc1ccccc1. The highest BCUT2D eigenvalue weighted by Gasteiger charge is 2.48. The van der Waals surface area contributed by atoms with Gasteiger partial charge in [0.25, 0.3) is 0 Å². The van der Waals surface area contributed by atoms with Crippen LogP contribution in [0.1, 0.15) is 17.2 Å². The van der Waals surface area contributed by atoms with Crippen LogP contribution in [0.3, 0.4) is 0 Å². The van der Waals surface area contributed by atoms with Gasteiger partial charge in [-0.3, -0.25) is 4.79 Å². The van der Waals surface area contributed by atoms with E-state index in [9.17, 15) is 4.79 Å². The Bertz CT molecular complexity index is 784. The maximum absolute atomic E-state index is 12.9. The Morgan fingerprint density at radius 3 is 1.96 bits per heavy atom. The second kappa shape index (κ2) is 7.16. The second-order valence-corrected chi connectivity index (χ2v) is 7.37. The zero-order valence-corrected chi connectivity index (χ0v) is 14.6. The fourth-order valence-electron chi connectivity index (χ4n) is 3.24. The monoisotopic (exact) mass is 345 g/mol. The van der Waals surface area contributed by atoms with E-state index < -0.39 is 0 Å². The molecule has 124 valence electrons. The van der Waals surface area contributed by atoms with Crippen molar-refractivity contribution in [2.75, 3.05) is 0 Å². The lowest BCUT2D eigenvalue weighted by Crippen LogP contribution is -2.56. The largest absolute Gasteiger partial charge is 0.329 e. The number of β-lactam (4-membered cyclic amide) rings is 1. The molecule has 25 heavy (non-hydrogen) atoms. The Labute approximate surface area is 152 Å². The molecule has 2 atom stereocenters. The van der Waals surface area contributed by atoms with Gasteiger partial charge in [0.05, 0.1) is 6.04 Å². The lowest BCUT2D eigenvalue weighted by atomic mass is 9.92. The zero-order valence-electron chi connectivity index (χ0n) is 13.8. The van der Waals surface area contributed by atoms with Crippen LogP contribution >= 0.6 is 11.8 Å². The first kappa shape index (κ1) is 16.0. The summed E-state index contributed by atoms with van der Waals surface area (Å²) in [5, 5.41) is -0.0616. The molecular formula is C22H19NOS. The molecular weight excluding hydrogens is 326 g/mol. The van der Waals surface area contributed by atoms with E-state index in [-0.39, 0.29) is 17.2 Å². The van der Waals surface area contributed by atoms with Crippen molar-refractivity contribution in [3.63, 3.8) is 0 Å². The third-order valence-corrected chi connectivity index (χ3v) is 5.75. The molecule has 1 saturated heterocycles. The van der Waals surface area contributed by atoms with Crippen molar-refractivity contribution in [2.24, 2.45) is 0 Å². The standard InChI is InChI=1S/C22H19NOS/c24-22-21(25-19-14-8-3-9-15-19)20(18-12-6-2-7-13-18)23(22)16-17-10-4-1-5-11-17/h1-15,20-21H,16H2/t20-,21-/m1/s1. The molecule has 1 aliphatic rings. The molecule has 2 nitrogen and oxygen atoms in total. The molecule has 1 aliphatic heterocycles. The van der Waals surface area contributed by atoms with Crippen molar-refractivity contribution in [2.45, 2.75) is 22.7 Å². The van der Waals surface area contributed by atoms with Crippen LogP contribution in [-0.4, -0.2) is 16.1 Å². The van der Waals surface area contributed by atoms with E-state index >= 15 is 0 Å². The number of rotatable bonds is 5. The van der Waals surface area contributed by atoms with Crippen molar-refractivity contribution in [1.29, 1.82) is 0 Å². The first-order valence-corrected chi connectivity index (χ1v) is 9.32. The van der Waals surface area contributed by atoms with E-state index in [2.05, 4.69) is 36.4 Å². The molecule has 0 aliphatic carbocycles. The molecule has 3 aromatic rings. The molecule has 0 bridgehead atoms. The van der Waals surface area contributed by atoms with Gasteiger partial charge < -0.3 is 4.90 Å². The van der Waals surface area contributed by atoms with Crippen LogP contribution in [-0.2, 0) is 11.3 Å². The van der Waals surface area contributed by atoms with E-state index in [4.69, 9.17) is 0 Å². The highest BCUT2D eigenvalue weighted by molar-refractivity contribution is 8.00. The number of likely N-dealkylation sites (tertiary alicyclic amines) is 1. The fraction of sp³-hybridized carbons (Fsp3) is 0.136. The number of hydrogen-bond acceptors (Lipinski definition) is 2. The van der Waals surface area contributed by atoms with Crippen molar-refractivity contribution >= 4 is 17.7 Å². The summed E-state index contributed by atoms with van der Waals surface area (Å²) in [7, 11) is 0. The maximum Gasteiger partial charge on any atom is 0.239 e. The van der Waals surface area contributed by atoms with Crippen LogP contribution in [0, 0.1) is 0 Å². The van der Waals surface area contributed by atoms with Gasteiger partial charge in [0.15, 0.2) is 0 Å². The Morgan fingerprint density at radius 2 is 1.32 bits per heavy atom. The Kier molecular flexibility index (Phi) is 4.57. The summed E-state index contributed by atoms with van der Waals surface area (Å²) >= 11 is 1.66. The van der Waals surface area contributed by atoms with Crippen molar-refractivity contribution in [1.82, 2.24) is 4.90 Å². The van der Waals surface area contributed by atoms with E-state index in [1.807, 2.05) is 59.5 Å². The second-order valence-electron chi connectivity index (χ2n) is 6.16. The first-order chi connectivity index (χ1) is 12.3. The number of hydrogen-bond donors (Lipinski definition) is 0. The molecule has 0 aromatic heterocycles. The third kappa shape index (κ3) is 3.33. The van der Waals surface area contributed by atoms with Crippen LogP contribution in [0.5, 0.6) is 0 Å². The van der Waals surface area contributed by atoms with Crippen LogP contribution < -0.4 is 0 Å². The van der Waals surface area contributed by atoms with Gasteiger partial charge in [-0.25, -0.2) is 0 Å². The molecule has 1 heterocycles. The summed E-state index contributed by atoms with van der Waals surface area (Å²) in [5.74, 6) is 0.214. The fourth-order valence-corrected chi connectivity index (χ4v) is 4.52. The Hall–Kier alpha value is -2.52. The molecule has 3 heteroatoms. The smallest absolute Gasteiger partial charge is 0.239 e. The van der Waals surface area contributed by atoms with Gasteiger partial charge in [-0.1, -0.05) is 78.9 Å². The summed E-state index contributed by atoms with van der Waals surface area (Å²) in [6, 6.07) is 30.8. The van der Waals surface area contributed by atoms with E-state index in [0.29, 0.717) is 6.54 Å². The van der Waals surface area contributed by atoms with Gasteiger partial charge in [0.1, 0.15) is 5.25 Å². The van der Waals surface area contributed by atoms with Crippen LogP contribution in [0.2, 0.25) is 0 Å². The quantitative estimate of drug-likeness (QED) is 0.611. The third-order valence-electron chi connectivity index (χ3n) is 4.49. The Balaban J connectivity index is 1.60. The van der Waals surface area contributed by atoms with Crippen molar-refractivity contribution < 1.29 is 4.79 Å². The van der Waals surface area contributed by atoms with Crippen molar-refractivity contribution in [3.8, 4) is 0 Å². The minimum Gasteiger partial charge on any atom is -0.329 e. The van der Waals surface area contributed by atoms with Crippen molar-refractivity contribution in [3.05, 3.63) is 102 Å². The topological polar surface area (TPSA) is 20.3 Å². The number of amides is 1. The van der Waals surface area contributed by atoms with Crippen LogP contribution in [0.15, 0.2) is 95.9 Å². The minimum atomic E-state index is -0.0616. The van der Waals surface area contributed by atoms with Gasteiger partial charge in [0.2, 0.25) is 5.91 Å². The lowest BCUT2D eigenvalue weighted by molar-refractivity contribution is -0.146. The summed E-state index contributed by atoms with van der Waals surface area (Å²) in [4.78, 5) is 16.0. The van der Waals surface area contributed by atoms with E-state index in [1.54, 1.807) is 11.8 Å². The Morgan fingerprint density at radius 1 is 0.760 bits per heavy atom. The maximum atomic E-state index is 12.9. The summed E-state index contributed by atoms with van der Waals surface area (Å²) < 4.78 is 0. The lowest BCUT2D eigenvalue weighted by Gasteiger charge is -2.47. The predicted octanol–water partition coefficient (Wildman–Crippen LogP) is 4.93. The molecule has 0 N–H and O–H groups in total. The number of benzene rings is 3. The van der Waals surface area contributed by atoms with Gasteiger partial charge in [-0.15, -0.1) is 11.8 Å². The number of thioether (sulfide) groups is 1. The summed E-state index contributed by atoms with van der Waals surface area (Å²) in [6.45, 7) is 0.658. The normalized spacial score (nSPS) is 19.5. The molecule has 0 unspecified atom stereocenters. The predicted molar refractivity (Wildman–Crippen MR) is 102 cm³/mol. The molecule has 3 aromatic carbocycles. The summed E-state index contributed by atoms with van der Waals surface area (Å²) in [5.41, 5.74) is 2.37. The molecule has 4 rings (SSSR count). The van der Waals surface area contributed by atoms with Gasteiger partial charge in [0, 0.05) is 11.4 Å². The highest BCUT2D eigenvalue weighted by atomic mass is 32.2. The minimum absolute atomic E-state index is 0.0616. The average Bonchev–Trinajstić information content (AvgIpc) is 2.69. The molecule has 0 spiro atoms. The van der Waals surface area contributed by atoms with Gasteiger partial charge in [-0.05, 0) is 23.3 Å². The van der Waals surface area contributed by atoms with Crippen LogP contribution in [0.4, 0.5) is 0 Å². The molecule has 1 fully saturated rings. The molecule has 0 saturated carbocycles. The highest BCUT2D eigenvalue weighted by Crippen LogP contribution is 2.45. The van der Waals surface area contributed by atoms with Gasteiger partial charge in [-0.2, -0.15) is 0 Å². The van der Waals surface area contributed by atoms with Crippen LogP contribution in [0.25, 0.3) is 0 Å².